The van der Waals surface area contributed by atoms with Crippen LogP contribution in [0.5, 0.6) is 5.75 Å². The Morgan fingerprint density at radius 1 is 1.08 bits per heavy atom. The molecule has 1 unspecified atom stereocenters. The van der Waals surface area contributed by atoms with Gasteiger partial charge in [-0.05, 0) is 24.2 Å². The number of rotatable bonds is 5. The molecule has 0 aliphatic carbocycles. The number of esters is 1. The molecule has 1 aromatic carbocycles. The number of benzene rings is 1. The van der Waals surface area contributed by atoms with Crippen LogP contribution < -0.4 is 4.74 Å². The zero-order valence-corrected chi connectivity index (χ0v) is 17.8. The first-order chi connectivity index (χ1) is 10.9. The maximum atomic E-state index is 12.5. The summed E-state index contributed by atoms with van der Waals surface area (Å²) < 4.78 is 10.9. The maximum Gasteiger partial charge on any atom is 0.325 e. The summed E-state index contributed by atoms with van der Waals surface area (Å²) >= 11 is 3.41. The van der Waals surface area contributed by atoms with Crippen LogP contribution in [-0.2, 0) is 20.4 Å². The van der Waals surface area contributed by atoms with Gasteiger partial charge < -0.3 is 9.47 Å². The van der Waals surface area contributed by atoms with E-state index in [4.69, 9.17) is 9.47 Å². The lowest BCUT2D eigenvalue weighted by atomic mass is 9.78. The van der Waals surface area contributed by atoms with Crippen LogP contribution >= 0.6 is 15.9 Å². The van der Waals surface area contributed by atoms with Crippen molar-refractivity contribution in [2.24, 2.45) is 0 Å². The summed E-state index contributed by atoms with van der Waals surface area (Å²) in [6.45, 7) is 15.4. The molecule has 0 N–H and O–H groups in total. The highest BCUT2D eigenvalue weighted by Gasteiger charge is 2.30. The molecule has 136 valence electrons. The van der Waals surface area contributed by atoms with Crippen LogP contribution in [0.1, 0.15) is 64.7 Å². The Kier molecular flexibility index (Phi) is 7.06. The van der Waals surface area contributed by atoms with E-state index in [1.165, 1.54) is 5.56 Å². The molecule has 24 heavy (non-hydrogen) atoms. The van der Waals surface area contributed by atoms with Crippen molar-refractivity contribution in [3.8, 4) is 5.75 Å². The number of alkyl halides is 1. The Morgan fingerprint density at radius 3 is 1.92 bits per heavy atom. The van der Waals surface area contributed by atoms with Crippen LogP contribution in [0.15, 0.2) is 12.1 Å². The lowest BCUT2D eigenvalue weighted by Gasteiger charge is -2.30. The summed E-state index contributed by atoms with van der Waals surface area (Å²) in [5.41, 5.74) is 3.07. The number of aryl methyl sites for hydroxylation is 1. The first kappa shape index (κ1) is 21.2. The van der Waals surface area contributed by atoms with Crippen LogP contribution in [0.25, 0.3) is 0 Å². The second-order valence-corrected chi connectivity index (χ2v) is 9.46. The summed E-state index contributed by atoms with van der Waals surface area (Å²) in [7, 11) is 1.63. The summed E-state index contributed by atoms with van der Waals surface area (Å²) in [6, 6.07) is 4.24. The third-order valence-corrected chi connectivity index (χ3v) is 4.71. The average molecular weight is 399 g/mol. The van der Waals surface area contributed by atoms with Gasteiger partial charge in [0.1, 0.15) is 10.6 Å². The molecule has 0 aromatic heterocycles. The van der Waals surface area contributed by atoms with E-state index in [9.17, 15) is 4.79 Å². The molecule has 0 heterocycles. The fourth-order valence-electron chi connectivity index (χ4n) is 2.50. The van der Waals surface area contributed by atoms with Crippen molar-refractivity contribution in [3.05, 3.63) is 28.8 Å². The summed E-state index contributed by atoms with van der Waals surface area (Å²) in [5.74, 6) is 0.430. The predicted molar refractivity (Wildman–Crippen MR) is 103 cm³/mol. The molecule has 0 aliphatic heterocycles. The van der Waals surface area contributed by atoms with Gasteiger partial charge in [0.25, 0.3) is 0 Å². The number of hydrogen-bond acceptors (Lipinski definition) is 3. The second-order valence-electron chi connectivity index (χ2n) is 8.36. The van der Waals surface area contributed by atoms with Crippen LogP contribution in [0.3, 0.4) is 0 Å². The second kappa shape index (κ2) is 8.01. The quantitative estimate of drug-likeness (QED) is 0.383. The zero-order valence-electron chi connectivity index (χ0n) is 16.2. The molecule has 4 heteroatoms. The highest BCUT2D eigenvalue weighted by atomic mass is 79.9. The topological polar surface area (TPSA) is 35.5 Å². The molecule has 3 nitrogen and oxygen atoms in total. The Hall–Kier alpha value is -0.870. The van der Waals surface area contributed by atoms with Crippen LogP contribution in [0.4, 0.5) is 0 Å². The van der Waals surface area contributed by atoms with E-state index in [-0.39, 0.29) is 21.6 Å². The molecule has 0 saturated carbocycles. The first-order valence-corrected chi connectivity index (χ1v) is 9.29. The van der Waals surface area contributed by atoms with E-state index in [1.54, 1.807) is 7.11 Å². The highest BCUT2D eigenvalue weighted by Crippen LogP contribution is 2.41. The van der Waals surface area contributed by atoms with E-state index in [0.29, 0.717) is 18.8 Å². The van der Waals surface area contributed by atoms with E-state index < -0.39 is 0 Å². The Bertz CT molecular complexity index is 545. The van der Waals surface area contributed by atoms with Crippen molar-refractivity contribution in [2.45, 2.75) is 70.5 Å². The summed E-state index contributed by atoms with van der Waals surface area (Å²) in [5, 5.41) is 0. The van der Waals surface area contributed by atoms with Gasteiger partial charge in [-0.3, -0.25) is 4.79 Å². The molecular weight excluding hydrogens is 368 g/mol. The first-order valence-electron chi connectivity index (χ1n) is 8.38. The van der Waals surface area contributed by atoms with Crippen molar-refractivity contribution in [3.63, 3.8) is 0 Å². The lowest BCUT2D eigenvalue weighted by Crippen LogP contribution is -2.26. The molecule has 0 amide bonds. The van der Waals surface area contributed by atoms with Gasteiger partial charge in [0.2, 0.25) is 0 Å². The molecule has 1 atom stereocenters. The number of hydrogen-bond donors (Lipinski definition) is 0. The lowest BCUT2D eigenvalue weighted by molar-refractivity contribution is -0.134. The Balaban J connectivity index is 3.35. The molecule has 1 rings (SSSR count). The number of methoxy groups -OCH3 is 1. The molecule has 0 fully saturated rings. The highest BCUT2D eigenvalue weighted by molar-refractivity contribution is 9.10. The van der Waals surface area contributed by atoms with Crippen molar-refractivity contribution in [1.82, 2.24) is 0 Å². The summed E-state index contributed by atoms with van der Waals surface area (Å²) in [4.78, 5) is 12.2. The average Bonchev–Trinajstić information content (AvgIpc) is 2.43. The van der Waals surface area contributed by atoms with Gasteiger partial charge in [-0.1, -0.05) is 75.2 Å². The molecule has 0 saturated heterocycles. The Morgan fingerprint density at radius 2 is 1.54 bits per heavy atom. The number of carbonyl (C=O) groups is 1. The third kappa shape index (κ3) is 5.59. The van der Waals surface area contributed by atoms with Crippen LogP contribution in [0, 0.1) is 6.92 Å². The largest absolute Gasteiger partial charge is 0.425 e. The molecule has 0 bridgehead atoms. The minimum atomic E-state index is -0.376. The van der Waals surface area contributed by atoms with Gasteiger partial charge in [0, 0.05) is 24.8 Å². The molecule has 0 radical (unpaired) electrons. The van der Waals surface area contributed by atoms with Gasteiger partial charge in [0.05, 0.1) is 0 Å². The fraction of sp³-hybridized carbons (Fsp3) is 0.650. The SMILES string of the molecule is COCCC(Br)C(=O)Oc1c(C(C)(C)C)cc(C)cc1C(C)(C)C. The minimum Gasteiger partial charge on any atom is -0.425 e. The molecule has 0 spiro atoms. The number of carbonyl (C=O) groups excluding carboxylic acids is 1. The van der Waals surface area contributed by atoms with Gasteiger partial charge in [-0.2, -0.15) is 0 Å². The van der Waals surface area contributed by atoms with Gasteiger partial charge in [0.15, 0.2) is 0 Å². The van der Waals surface area contributed by atoms with E-state index in [0.717, 1.165) is 11.1 Å². The van der Waals surface area contributed by atoms with Crippen LogP contribution in [0.2, 0.25) is 0 Å². The van der Waals surface area contributed by atoms with Crippen LogP contribution in [-0.4, -0.2) is 24.5 Å². The normalized spacial score (nSPS) is 13.7. The Labute approximate surface area is 155 Å². The van der Waals surface area contributed by atoms with Crippen molar-refractivity contribution < 1.29 is 14.3 Å². The van der Waals surface area contributed by atoms with E-state index in [2.05, 4.69) is 76.5 Å². The summed E-state index contributed by atoms with van der Waals surface area (Å²) in [6.07, 6.45) is 0.580. The maximum absolute atomic E-state index is 12.5. The minimum absolute atomic E-state index is 0.115. The van der Waals surface area contributed by atoms with Gasteiger partial charge in [-0.15, -0.1) is 0 Å². The zero-order chi connectivity index (χ0) is 18.7. The van der Waals surface area contributed by atoms with Crippen molar-refractivity contribution in [2.75, 3.05) is 13.7 Å². The third-order valence-electron chi connectivity index (χ3n) is 3.88. The standard InChI is InChI=1S/C20H31BrO3/c1-13-11-14(19(2,3)4)17(15(12-13)20(5,6)7)24-18(22)16(21)9-10-23-8/h11-12,16H,9-10H2,1-8H3. The predicted octanol–water partition coefficient (Wildman–Crippen LogP) is 5.30. The monoisotopic (exact) mass is 398 g/mol. The molecule has 1 aromatic rings. The molecule has 0 aliphatic rings. The number of halogens is 1. The van der Waals surface area contributed by atoms with Crippen molar-refractivity contribution >= 4 is 21.9 Å². The van der Waals surface area contributed by atoms with Crippen molar-refractivity contribution in [1.29, 1.82) is 0 Å². The van der Waals surface area contributed by atoms with Gasteiger partial charge >= 0.3 is 5.97 Å². The number of ether oxygens (including phenoxy) is 2. The fourth-order valence-corrected chi connectivity index (χ4v) is 2.78. The van der Waals surface area contributed by atoms with Gasteiger partial charge in [-0.25, -0.2) is 0 Å². The smallest absolute Gasteiger partial charge is 0.325 e. The van der Waals surface area contributed by atoms with E-state index >= 15 is 0 Å². The van der Waals surface area contributed by atoms with E-state index in [1.807, 2.05) is 0 Å². The molecular formula is C20H31BrO3.